The van der Waals surface area contributed by atoms with E-state index in [1.165, 1.54) is 17.7 Å². The van der Waals surface area contributed by atoms with Crippen molar-refractivity contribution in [1.29, 1.82) is 0 Å². The molecule has 3 heterocycles. The summed E-state index contributed by atoms with van der Waals surface area (Å²) in [5, 5.41) is 7.39. The molecule has 17 rings (SSSR count). The van der Waals surface area contributed by atoms with E-state index in [9.17, 15) is 0 Å². The smallest absolute Gasteiger partial charge is 0.171 e. The molecule has 1 aliphatic heterocycles. The van der Waals surface area contributed by atoms with Crippen LogP contribution >= 0.6 is 0 Å². The molecule has 12 aromatic carbocycles. The molecular formula is C80H57F2N3O2. The molecule has 0 fully saturated rings. The topological polar surface area (TPSA) is 36.0 Å². The Balaban J connectivity index is 1.06. The highest BCUT2D eigenvalue weighted by Crippen LogP contribution is 2.69. The Morgan fingerprint density at radius 1 is 0.391 bits per heavy atom. The third-order valence-electron chi connectivity index (χ3n) is 19.2. The van der Waals surface area contributed by atoms with Gasteiger partial charge in [-0.3, -0.25) is 0 Å². The number of anilines is 8. The first kappa shape index (κ1) is 51.0. The van der Waals surface area contributed by atoms with E-state index in [4.69, 9.17) is 8.83 Å². The van der Waals surface area contributed by atoms with Crippen molar-refractivity contribution in [3.8, 4) is 11.1 Å². The zero-order chi connectivity index (χ0) is 58.6. The molecule has 2 aliphatic carbocycles. The second-order valence-corrected chi connectivity index (χ2v) is 24.2. The molecule has 0 amide bonds. The van der Waals surface area contributed by atoms with E-state index in [1.807, 2.05) is 24.3 Å². The van der Waals surface area contributed by atoms with E-state index >= 15 is 8.78 Å². The molecule has 0 N–H and O–H groups in total. The molecule has 0 bridgehead atoms. The van der Waals surface area contributed by atoms with E-state index in [0.29, 0.717) is 11.2 Å². The quantitative estimate of drug-likeness (QED) is 0.159. The molecule has 2 aromatic heterocycles. The van der Waals surface area contributed by atoms with Crippen molar-refractivity contribution in [2.75, 3.05) is 14.7 Å². The summed E-state index contributed by atoms with van der Waals surface area (Å²) in [5.74, 6) is -1.04. The lowest BCUT2D eigenvalue weighted by atomic mass is 9.54. The molecule has 1 spiro atoms. The Morgan fingerprint density at radius 3 is 1.36 bits per heavy atom. The van der Waals surface area contributed by atoms with Crippen molar-refractivity contribution >= 4 is 111 Å². The average molecular weight is 1130 g/mol. The Labute approximate surface area is 502 Å². The van der Waals surface area contributed by atoms with E-state index in [0.717, 1.165) is 133 Å². The monoisotopic (exact) mass is 1130 g/mol. The lowest BCUT2D eigenvalue weighted by Gasteiger charge is -2.58. The first-order valence-electron chi connectivity index (χ1n) is 29.9. The van der Waals surface area contributed by atoms with Crippen molar-refractivity contribution in [1.82, 2.24) is 0 Å². The Hall–Kier alpha value is -10.5. The molecular weight excluding hydrogens is 1070 g/mol. The molecule has 2 unspecified atom stereocenters. The van der Waals surface area contributed by atoms with E-state index < -0.39 is 22.6 Å². The van der Waals surface area contributed by atoms with Gasteiger partial charge >= 0.3 is 0 Å². The Morgan fingerprint density at radius 2 is 0.839 bits per heavy atom. The molecule has 2 atom stereocenters. The molecule has 14 aromatic rings. The zero-order valence-electron chi connectivity index (χ0n) is 48.7. The van der Waals surface area contributed by atoms with Gasteiger partial charge in [-0.2, -0.15) is 0 Å². The predicted octanol–water partition coefficient (Wildman–Crippen LogP) is 22.2. The number of aryl methyl sites for hydroxylation is 4. The van der Waals surface area contributed by atoms with Gasteiger partial charge in [0.05, 0.1) is 33.7 Å². The minimum absolute atomic E-state index is 0.230. The maximum Gasteiger partial charge on any atom is 0.171 e. The minimum atomic E-state index is -0.912. The number of benzene rings is 12. The first-order chi connectivity index (χ1) is 42.5. The van der Waals surface area contributed by atoms with Crippen LogP contribution in [0, 0.1) is 45.2 Å². The standard InChI is InChI=1S/C80H57F2N3O2/c1-47-38-40-65(49(3)43-47)83(68-35-19-29-58-56-27-17-32-63(81)75(56)86-77(58)68)70-45-61-73(54-25-11-9-23-52(54)70)74-55-26-12-10-24-53(55)71(84(66-41-39-48(2)44-50(66)4)69-36-20-30-59-57-28-18-33-64(82)76(57)87-78(59)69)46-62(74)80(61)60-31-13-14-34-67(60)85(51-21-7-6-8-22-51)79(5)42-16-15-37-72(79)80/h6-46,72H,1-5H3. The van der Waals surface area contributed by atoms with Crippen molar-refractivity contribution in [2.24, 2.45) is 5.92 Å². The summed E-state index contributed by atoms with van der Waals surface area (Å²) >= 11 is 0. The number of allylic oxidation sites excluding steroid dienone is 2. The van der Waals surface area contributed by atoms with Crippen LogP contribution in [0.4, 0.5) is 54.3 Å². The Bertz CT molecular complexity index is 5060. The SMILES string of the molecule is Cc1ccc(N(c2cc3c(c4ccccc24)-c2c(cc(N(c4ccc(C)cc4C)c4cccc5c4oc4c(F)cccc45)c4ccccc24)C32c3ccccc3N(c3ccccc3)C3(C)C=CC=CC23)c2cccc3c2oc2c(F)cccc23)c(C)c1. The summed E-state index contributed by atoms with van der Waals surface area (Å²) in [6.07, 6.45) is 9.35. The highest BCUT2D eigenvalue weighted by Gasteiger charge is 2.62. The number of para-hydroxylation sites is 6. The van der Waals surface area contributed by atoms with Gasteiger partial charge in [-0.25, -0.2) is 8.78 Å². The molecule has 5 nitrogen and oxygen atoms in total. The van der Waals surface area contributed by atoms with Crippen LogP contribution in [0.1, 0.15) is 45.9 Å². The van der Waals surface area contributed by atoms with Gasteiger partial charge in [0.25, 0.3) is 0 Å². The number of hydrogen-bond donors (Lipinski definition) is 0. The molecule has 0 saturated heterocycles. The van der Waals surface area contributed by atoms with Crippen LogP contribution < -0.4 is 14.7 Å². The number of hydrogen-bond acceptors (Lipinski definition) is 5. The van der Waals surface area contributed by atoms with Crippen molar-refractivity contribution in [2.45, 2.75) is 45.6 Å². The van der Waals surface area contributed by atoms with E-state index in [-0.39, 0.29) is 17.1 Å². The molecule has 87 heavy (non-hydrogen) atoms. The Kier molecular flexibility index (Phi) is 11.0. The fourth-order valence-electron chi connectivity index (χ4n) is 15.7. The third-order valence-corrected chi connectivity index (χ3v) is 19.2. The van der Waals surface area contributed by atoms with Gasteiger partial charge in [-0.1, -0.05) is 193 Å². The summed E-state index contributed by atoms with van der Waals surface area (Å²) < 4.78 is 45.7. The summed E-state index contributed by atoms with van der Waals surface area (Å²) in [6, 6.07) is 78.8. The zero-order valence-corrected chi connectivity index (χ0v) is 48.7. The molecule has 7 heteroatoms. The van der Waals surface area contributed by atoms with Gasteiger partial charge in [0.1, 0.15) is 0 Å². The second-order valence-electron chi connectivity index (χ2n) is 24.2. The van der Waals surface area contributed by atoms with Crippen LogP contribution in [0.3, 0.4) is 0 Å². The fraction of sp³-hybridized carbons (Fsp3) is 0.100. The van der Waals surface area contributed by atoms with Crippen LogP contribution in [-0.2, 0) is 5.41 Å². The van der Waals surface area contributed by atoms with Crippen LogP contribution in [0.25, 0.3) is 76.5 Å². The summed E-state index contributed by atoms with van der Waals surface area (Å²) in [7, 11) is 0. The van der Waals surface area contributed by atoms with Crippen LogP contribution in [0.5, 0.6) is 0 Å². The summed E-state index contributed by atoms with van der Waals surface area (Å²) in [6.45, 7) is 11.0. The van der Waals surface area contributed by atoms with Crippen molar-refractivity contribution in [3.05, 3.63) is 299 Å². The predicted molar refractivity (Wildman–Crippen MR) is 355 cm³/mol. The highest BCUT2D eigenvalue weighted by molar-refractivity contribution is 6.20. The third kappa shape index (κ3) is 7.05. The van der Waals surface area contributed by atoms with Gasteiger partial charge in [0.2, 0.25) is 0 Å². The lowest BCUT2D eigenvalue weighted by molar-refractivity contribution is 0.303. The van der Waals surface area contributed by atoms with Gasteiger partial charge in [0, 0.05) is 61.0 Å². The van der Waals surface area contributed by atoms with Crippen molar-refractivity contribution in [3.63, 3.8) is 0 Å². The normalized spacial score (nSPS) is 16.4. The van der Waals surface area contributed by atoms with Crippen molar-refractivity contribution < 1.29 is 17.6 Å². The van der Waals surface area contributed by atoms with Gasteiger partial charge in [-0.15, -0.1) is 0 Å². The molecule has 3 aliphatic rings. The average Bonchev–Trinajstić information content (AvgIpc) is 1.56. The number of furan rings is 2. The van der Waals surface area contributed by atoms with Crippen LogP contribution in [0.2, 0.25) is 0 Å². The highest BCUT2D eigenvalue weighted by atomic mass is 19.1. The van der Waals surface area contributed by atoms with E-state index in [1.54, 1.807) is 12.1 Å². The summed E-state index contributed by atoms with van der Waals surface area (Å²) in [4.78, 5) is 7.31. The maximum atomic E-state index is 16.0. The number of rotatable bonds is 7. The largest absolute Gasteiger partial charge is 0.451 e. The molecule has 0 radical (unpaired) electrons. The molecule has 0 saturated carbocycles. The second kappa shape index (κ2) is 18.7. The fourth-order valence-corrected chi connectivity index (χ4v) is 15.7. The van der Waals surface area contributed by atoms with Gasteiger partial charge in [0.15, 0.2) is 34.0 Å². The van der Waals surface area contributed by atoms with E-state index in [2.05, 4.69) is 250 Å². The van der Waals surface area contributed by atoms with Gasteiger partial charge < -0.3 is 23.5 Å². The van der Waals surface area contributed by atoms with Gasteiger partial charge in [-0.05, 0) is 151 Å². The number of fused-ring (bicyclic) bond motifs is 19. The minimum Gasteiger partial charge on any atom is -0.451 e. The maximum absolute atomic E-state index is 16.0. The summed E-state index contributed by atoms with van der Waals surface area (Å²) in [5.41, 5.74) is 18.0. The van der Waals surface area contributed by atoms with Crippen LogP contribution in [-0.4, -0.2) is 5.54 Å². The molecule has 418 valence electrons. The number of halogens is 2. The van der Waals surface area contributed by atoms with Crippen LogP contribution in [0.15, 0.2) is 258 Å². The first-order valence-corrected chi connectivity index (χ1v) is 29.9. The number of nitrogens with zero attached hydrogens (tertiary/aromatic N) is 3. The lowest BCUT2D eigenvalue weighted by Crippen LogP contribution is -2.60.